The second kappa shape index (κ2) is 7.21. The van der Waals surface area contributed by atoms with Gasteiger partial charge in [-0.25, -0.2) is 0 Å². The van der Waals surface area contributed by atoms with Gasteiger partial charge in [0, 0.05) is 37.1 Å². The molecule has 1 aliphatic heterocycles. The van der Waals surface area contributed by atoms with Gasteiger partial charge in [-0.1, -0.05) is 42.5 Å². The number of hydrogen-bond acceptors (Lipinski definition) is 4. The molecule has 0 amide bonds. The Morgan fingerprint density at radius 1 is 1.08 bits per heavy atom. The van der Waals surface area contributed by atoms with Crippen LogP contribution >= 0.6 is 0 Å². The van der Waals surface area contributed by atoms with Crippen LogP contribution in [0.25, 0.3) is 10.9 Å². The predicted octanol–water partition coefficient (Wildman–Crippen LogP) is 3.39. The number of rotatable bonds is 4. The summed E-state index contributed by atoms with van der Waals surface area (Å²) < 4.78 is 5.58. The van der Waals surface area contributed by atoms with Gasteiger partial charge < -0.3 is 10.1 Å². The summed E-state index contributed by atoms with van der Waals surface area (Å²) in [6, 6.07) is 21.2. The fourth-order valence-electron chi connectivity index (χ4n) is 3.59. The molecule has 4 rings (SSSR count). The molecule has 4 heteroatoms. The number of nitrogens with zero attached hydrogens (tertiary/aromatic N) is 2. The molecule has 25 heavy (non-hydrogen) atoms. The Kier molecular flexibility index (Phi) is 4.63. The minimum absolute atomic E-state index is 0.290. The number of methoxy groups -OCH3 is 1. The second-order valence-corrected chi connectivity index (χ2v) is 6.43. The van der Waals surface area contributed by atoms with Crippen LogP contribution in [0.15, 0.2) is 60.7 Å². The van der Waals surface area contributed by atoms with Crippen LogP contribution < -0.4 is 10.1 Å². The first-order valence-corrected chi connectivity index (χ1v) is 8.77. The molecular formula is C21H23N3O. The molecule has 3 aromatic rings. The van der Waals surface area contributed by atoms with Crippen molar-refractivity contribution in [1.29, 1.82) is 0 Å². The molecule has 128 valence electrons. The van der Waals surface area contributed by atoms with Gasteiger partial charge in [-0.3, -0.25) is 9.88 Å². The Hall–Kier alpha value is -2.43. The first kappa shape index (κ1) is 16.1. The van der Waals surface area contributed by atoms with Crippen molar-refractivity contribution in [2.45, 2.75) is 12.6 Å². The molecule has 1 fully saturated rings. The van der Waals surface area contributed by atoms with Crippen molar-refractivity contribution in [3.63, 3.8) is 0 Å². The van der Waals surface area contributed by atoms with E-state index in [1.807, 2.05) is 18.2 Å². The molecule has 1 unspecified atom stereocenters. The van der Waals surface area contributed by atoms with Crippen LogP contribution in [0.5, 0.6) is 5.75 Å². The SMILES string of the molecule is COc1ccccc1C1CNCCN1Cc1ccc2ccccc2n1. The van der Waals surface area contributed by atoms with E-state index in [0.29, 0.717) is 0 Å². The predicted molar refractivity (Wildman–Crippen MR) is 101 cm³/mol. The van der Waals surface area contributed by atoms with E-state index in [9.17, 15) is 0 Å². The maximum absolute atomic E-state index is 5.58. The van der Waals surface area contributed by atoms with Gasteiger partial charge in [-0.05, 0) is 18.2 Å². The van der Waals surface area contributed by atoms with Crippen molar-refractivity contribution < 1.29 is 4.74 Å². The zero-order chi connectivity index (χ0) is 17.1. The summed E-state index contributed by atoms with van der Waals surface area (Å²) >= 11 is 0. The third kappa shape index (κ3) is 3.36. The highest BCUT2D eigenvalue weighted by Crippen LogP contribution is 2.31. The molecule has 0 bridgehead atoms. The Balaban J connectivity index is 1.62. The smallest absolute Gasteiger partial charge is 0.123 e. The van der Waals surface area contributed by atoms with Crippen LogP contribution in [0.1, 0.15) is 17.3 Å². The quantitative estimate of drug-likeness (QED) is 0.794. The number of hydrogen-bond donors (Lipinski definition) is 1. The van der Waals surface area contributed by atoms with Gasteiger partial charge >= 0.3 is 0 Å². The number of benzene rings is 2. The van der Waals surface area contributed by atoms with E-state index in [-0.39, 0.29) is 6.04 Å². The summed E-state index contributed by atoms with van der Waals surface area (Å²) in [5.74, 6) is 0.952. The number of piperazine rings is 1. The number of para-hydroxylation sites is 2. The molecule has 2 heterocycles. The van der Waals surface area contributed by atoms with Crippen molar-refractivity contribution in [3.05, 3.63) is 71.9 Å². The molecule has 4 nitrogen and oxygen atoms in total. The van der Waals surface area contributed by atoms with E-state index < -0.39 is 0 Å². The maximum Gasteiger partial charge on any atom is 0.123 e. The van der Waals surface area contributed by atoms with E-state index in [0.717, 1.165) is 43.1 Å². The lowest BCUT2D eigenvalue weighted by Crippen LogP contribution is -2.45. The number of aromatic nitrogens is 1. The van der Waals surface area contributed by atoms with Gasteiger partial charge in [0.15, 0.2) is 0 Å². The normalized spacial score (nSPS) is 18.4. The lowest BCUT2D eigenvalue weighted by Gasteiger charge is -2.36. The molecule has 1 saturated heterocycles. The highest BCUT2D eigenvalue weighted by atomic mass is 16.5. The molecular weight excluding hydrogens is 310 g/mol. The first-order chi connectivity index (χ1) is 12.3. The number of pyridine rings is 1. The standard InChI is InChI=1S/C21H23N3O/c1-25-21-9-5-3-7-18(21)20-14-22-12-13-24(20)15-17-11-10-16-6-2-4-8-19(16)23-17/h2-11,20,22H,12-15H2,1H3. The zero-order valence-electron chi connectivity index (χ0n) is 14.5. The largest absolute Gasteiger partial charge is 0.496 e. The highest BCUT2D eigenvalue weighted by Gasteiger charge is 2.26. The molecule has 0 radical (unpaired) electrons. The summed E-state index contributed by atoms with van der Waals surface area (Å²) in [5, 5.41) is 4.70. The van der Waals surface area contributed by atoms with Crippen molar-refractivity contribution in [3.8, 4) is 5.75 Å². The summed E-state index contributed by atoms with van der Waals surface area (Å²) in [7, 11) is 1.74. The van der Waals surface area contributed by atoms with Gasteiger partial charge in [0.25, 0.3) is 0 Å². The van der Waals surface area contributed by atoms with E-state index >= 15 is 0 Å². The molecule has 1 aliphatic rings. The average Bonchev–Trinajstić information content (AvgIpc) is 2.68. The van der Waals surface area contributed by atoms with Crippen molar-refractivity contribution in [2.75, 3.05) is 26.7 Å². The topological polar surface area (TPSA) is 37.4 Å². The van der Waals surface area contributed by atoms with Gasteiger partial charge in [0.1, 0.15) is 5.75 Å². The first-order valence-electron chi connectivity index (χ1n) is 8.77. The third-order valence-electron chi connectivity index (χ3n) is 4.87. The van der Waals surface area contributed by atoms with Crippen LogP contribution in [0.4, 0.5) is 0 Å². The van der Waals surface area contributed by atoms with Crippen LogP contribution in [0.2, 0.25) is 0 Å². The molecule has 1 atom stereocenters. The lowest BCUT2D eigenvalue weighted by molar-refractivity contribution is 0.149. The molecule has 0 spiro atoms. The van der Waals surface area contributed by atoms with Crippen LogP contribution in [0, 0.1) is 0 Å². The monoisotopic (exact) mass is 333 g/mol. The highest BCUT2D eigenvalue weighted by molar-refractivity contribution is 5.78. The molecule has 0 aliphatic carbocycles. The van der Waals surface area contributed by atoms with Gasteiger partial charge in [0.05, 0.1) is 24.4 Å². The Morgan fingerprint density at radius 3 is 2.84 bits per heavy atom. The minimum Gasteiger partial charge on any atom is -0.496 e. The molecule has 2 aromatic carbocycles. The van der Waals surface area contributed by atoms with E-state index in [1.54, 1.807) is 7.11 Å². The van der Waals surface area contributed by atoms with Gasteiger partial charge in [0.2, 0.25) is 0 Å². The Morgan fingerprint density at radius 2 is 1.92 bits per heavy atom. The minimum atomic E-state index is 0.290. The van der Waals surface area contributed by atoms with Crippen LogP contribution in [0.3, 0.4) is 0 Å². The Bertz CT molecular complexity index is 864. The summed E-state index contributed by atoms with van der Waals surface area (Å²) in [6.07, 6.45) is 0. The van der Waals surface area contributed by atoms with E-state index in [4.69, 9.17) is 9.72 Å². The van der Waals surface area contributed by atoms with E-state index in [2.05, 4.69) is 52.7 Å². The van der Waals surface area contributed by atoms with Crippen LogP contribution in [-0.2, 0) is 6.54 Å². The van der Waals surface area contributed by atoms with Crippen LogP contribution in [-0.4, -0.2) is 36.6 Å². The van der Waals surface area contributed by atoms with Crippen molar-refractivity contribution in [2.24, 2.45) is 0 Å². The molecule has 0 saturated carbocycles. The number of nitrogens with one attached hydrogen (secondary N) is 1. The molecule has 1 aromatic heterocycles. The Labute approximate surface area is 148 Å². The number of fused-ring (bicyclic) bond motifs is 1. The summed E-state index contributed by atoms with van der Waals surface area (Å²) in [5.41, 5.74) is 3.41. The van der Waals surface area contributed by atoms with Crippen molar-refractivity contribution >= 4 is 10.9 Å². The summed E-state index contributed by atoms with van der Waals surface area (Å²) in [6.45, 7) is 3.76. The third-order valence-corrected chi connectivity index (χ3v) is 4.87. The fourth-order valence-corrected chi connectivity index (χ4v) is 3.59. The zero-order valence-corrected chi connectivity index (χ0v) is 14.5. The molecule has 1 N–H and O–H groups in total. The lowest BCUT2D eigenvalue weighted by atomic mass is 10.0. The average molecular weight is 333 g/mol. The van der Waals surface area contributed by atoms with Gasteiger partial charge in [-0.2, -0.15) is 0 Å². The van der Waals surface area contributed by atoms with Crippen molar-refractivity contribution in [1.82, 2.24) is 15.2 Å². The maximum atomic E-state index is 5.58. The van der Waals surface area contributed by atoms with E-state index in [1.165, 1.54) is 10.9 Å². The summed E-state index contributed by atoms with van der Waals surface area (Å²) in [4.78, 5) is 7.34. The van der Waals surface area contributed by atoms with Gasteiger partial charge in [-0.15, -0.1) is 0 Å². The fraction of sp³-hybridized carbons (Fsp3) is 0.286. The second-order valence-electron chi connectivity index (χ2n) is 6.43. The number of ether oxygens (including phenoxy) is 1.